The number of rotatable bonds is 3. The summed E-state index contributed by atoms with van der Waals surface area (Å²) in [5.74, 6) is 1.61. The summed E-state index contributed by atoms with van der Waals surface area (Å²) >= 11 is 0. The molecule has 1 aliphatic carbocycles. The zero-order valence-corrected chi connectivity index (χ0v) is 10.9. The van der Waals surface area contributed by atoms with Crippen LogP contribution in [0.1, 0.15) is 40.0 Å². The lowest BCUT2D eigenvalue weighted by atomic mass is 9.75. The molecule has 0 aromatic rings. The third kappa shape index (κ3) is 3.09. The summed E-state index contributed by atoms with van der Waals surface area (Å²) in [6.07, 6.45) is 6.49. The quantitative estimate of drug-likeness (QED) is 0.709. The zero-order chi connectivity index (χ0) is 12.4. The molecule has 4 atom stereocenters. The second-order valence-corrected chi connectivity index (χ2v) is 5.67. The molecule has 1 saturated carbocycles. The molecule has 0 aromatic heterocycles. The molecule has 0 spiro atoms. The molecule has 0 saturated heterocycles. The summed E-state index contributed by atoms with van der Waals surface area (Å²) in [7, 11) is 0. The van der Waals surface area contributed by atoms with E-state index in [1.807, 2.05) is 0 Å². The lowest BCUT2D eigenvalue weighted by Crippen LogP contribution is -2.36. The van der Waals surface area contributed by atoms with E-state index in [1.54, 1.807) is 6.08 Å². The lowest BCUT2D eigenvalue weighted by molar-refractivity contribution is -0.178. The molecule has 1 heterocycles. The summed E-state index contributed by atoms with van der Waals surface area (Å²) in [4.78, 5) is 11.0. The monoisotopic (exact) mass is 238 g/mol. The summed E-state index contributed by atoms with van der Waals surface area (Å²) < 4.78 is 11.0. The molecule has 2 aliphatic rings. The number of esters is 1. The summed E-state index contributed by atoms with van der Waals surface area (Å²) in [5, 5.41) is 0. The van der Waals surface area contributed by atoms with Crippen LogP contribution in [0.3, 0.4) is 0 Å². The van der Waals surface area contributed by atoms with Crippen molar-refractivity contribution in [3.05, 3.63) is 12.2 Å². The van der Waals surface area contributed by atoms with Crippen LogP contribution in [0, 0.1) is 17.8 Å². The SMILES string of the molecule is CC(C)[C@H]1CC[C@H](C)C[C@@H]1O[C@@H]1C=CC(=O)O1. The van der Waals surface area contributed by atoms with E-state index in [2.05, 4.69) is 20.8 Å². The first-order valence-corrected chi connectivity index (χ1v) is 6.60. The van der Waals surface area contributed by atoms with Crippen molar-refractivity contribution < 1.29 is 14.3 Å². The van der Waals surface area contributed by atoms with Crippen molar-refractivity contribution in [2.75, 3.05) is 0 Å². The van der Waals surface area contributed by atoms with Gasteiger partial charge >= 0.3 is 5.97 Å². The fourth-order valence-electron chi connectivity index (χ4n) is 2.87. The lowest BCUT2D eigenvalue weighted by Gasteiger charge is -2.37. The highest BCUT2D eigenvalue weighted by atomic mass is 16.7. The Morgan fingerprint density at radius 2 is 2.18 bits per heavy atom. The summed E-state index contributed by atoms with van der Waals surface area (Å²) in [6, 6.07) is 0. The molecule has 1 fully saturated rings. The molecule has 0 unspecified atom stereocenters. The Morgan fingerprint density at radius 3 is 2.76 bits per heavy atom. The largest absolute Gasteiger partial charge is 0.429 e. The molecule has 17 heavy (non-hydrogen) atoms. The van der Waals surface area contributed by atoms with Gasteiger partial charge in [0.25, 0.3) is 0 Å². The van der Waals surface area contributed by atoms with Gasteiger partial charge in [-0.05, 0) is 36.7 Å². The number of cyclic esters (lactones) is 1. The van der Waals surface area contributed by atoms with Crippen molar-refractivity contribution in [1.29, 1.82) is 0 Å². The van der Waals surface area contributed by atoms with Crippen molar-refractivity contribution in [2.24, 2.45) is 17.8 Å². The average Bonchev–Trinajstić information content (AvgIpc) is 2.63. The van der Waals surface area contributed by atoms with E-state index in [1.165, 1.54) is 18.9 Å². The van der Waals surface area contributed by atoms with Gasteiger partial charge in [0.2, 0.25) is 6.29 Å². The molecular formula is C14H22O3. The molecular weight excluding hydrogens is 216 g/mol. The molecule has 0 amide bonds. The molecule has 0 bridgehead atoms. The number of hydrogen-bond acceptors (Lipinski definition) is 3. The summed E-state index contributed by atoms with van der Waals surface area (Å²) in [5.41, 5.74) is 0. The molecule has 0 aromatic carbocycles. The van der Waals surface area contributed by atoms with E-state index in [0.29, 0.717) is 17.8 Å². The molecule has 2 rings (SSSR count). The first kappa shape index (κ1) is 12.6. The van der Waals surface area contributed by atoms with Crippen molar-refractivity contribution >= 4 is 5.97 Å². The number of carbonyl (C=O) groups excluding carboxylic acids is 1. The highest BCUT2D eigenvalue weighted by Gasteiger charge is 2.34. The zero-order valence-electron chi connectivity index (χ0n) is 10.9. The van der Waals surface area contributed by atoms with Crippen molar-refractivity contribution in [1.82, 2.24) is 0 Å². The van der Waals surface area contributed by atoms with Gasteiger partial charge in [-0.25, -0.2) is 4.79 Å². The second kappa shape index (κ2) is 5.21. The molecule has 0 radical (unpaired) electrons. The third-order valence-corrected chi connectivity index (χ3v) is 3.89. The molecule has 0 N–H and O–H groups in total. The number of hydrogen-bond donors (Lipinski definition) is 0. The van der Waals surface area contributed by atoms with Crippen LogP contribution in [0.25, 0.3) is 0 Å². The standard InChI is InChI=1S/C14H22O3/c1-9(2)11-5-4-10(3)8-12(11)16-14-7-6-13(15)17-14/h6-7,9-12,14H,4-5,8H2,1-3H3/t10-,11+,12-,14-/m0/s1. The molecule has 1 aliphatic heterocycles. The highest BCUT2D eigenvalue weighted by molar-refractivity contribution is 5.84. The van der Waals surface area contributed by atoms with Crippen molar-refractivity contribution in [2.45, 2.75) is 52.4 Å². The van der Waals surface area contributed by atoms with E-state index < -0.39 is 6.29 Å². The van der Waals surface area contributed by atoms with Gasteiger partial charge in [0.15, 0.2) is 0 Å². The van der Waals surface area contributed by atoms with Crippen LogP contribution in [-0.4, -0.2) is 18.4 Å². The normalized spacial score (nSPS) is 37.5. The van der Waals surface area contributed by atoms with Gasteiger partial charge in [-0.2, -0.15) is 0 Å². The predicted molar refractivity (Wildman–Crippen MR) is 65.2 cm³/mol. The average molecular weight is 238 g/mol. The molecule has 3 heteroatoms. The van der Waals surface area contributed by atoms with E-state index in [9.17, 15) is 4.79 Å². The smallest absolute Gasteiger partial charge is 0.333 e. The van der Waals surface area contributed by atoms with Crippen LogP contribution < -0.4 is 0 Å². The van der Waals surface area contributed by atoms with E-state index in [-0.39, 0.29) is 12.1 Å². The minimum absolute atomic E-state index is 0.222. The van der Waals surface area contributed by atoms with Crippen LogP contribution in [-0.2, 0) is 14.3 Å². The fraction of sp³-hybridized carbons (Fsp3) is 0.786. The van der Waals surface area contributed by atoms with Gasteiger partial charge in [-0.15, -0.1) is 0 Å². The van der Waals surface area contributed by atoms with Gasteiger partial charge in [-0.3, -0.25) is 0 Å². The fourth-order valence-corrected chi connectivity index (χ4v) is 2.87. The van der Waals surface area contributed by atoms with Gasteiger partial charge in [0.1, 0.15) is 0 Å². The Morgan fingerprint density at radius 1 is 1.41 bits per heavy atom. The second-order valence-electron chi connectivity index (χ2n) is 5.67. The van der Waals surface area contributed by atoms with Crippen LogP contribution in [0.4, 0.5) is 0 Å². The van der Waals surface area contributed by atoms with Crippen molar-refractivity contribution in [3.63, 3.8) is 0 Å². The molecule has 3 nitrogen and oxygen atoms in total. The Hall–Kier alpha value is -0.830. The maximum atomic E-state index is 11.0. The topological polar surface area (TPSA) is 35.5 Å². The van der Waals surface area contributed by atoms with E-state index in [0.717, 1.165) is 6.42 Å². The maximum Gasteiger partial charge on any atom is 0.333 e. The minimum Gasteiger partial charge on any atom is -0.429 e. The van der Waals surface area contributed by atoms with Gasteiger partial charge < -0.3 is 9.47 Å². The Balaban J connectivity index is 1.95. The summed E-state index contributed by atoms with van der Waals surface area (Å²) in [6.45, 7) is 6.75. The molecule has 96 valence electrons. The first-order valence-electron chi connectivity index (χ1n) is 6.60. The third-order valence-electron chi connectivity index (χ3n) is 3.89. The predicted octanol–water partition coefficient (Wildman–Crippen LogP) is 2.90. The van der Waals surface area contributed by atoms with Gasteiger partial charge in [0.05, 0.1) is 6.10 Å². The first-order chi connectivity index (χ1) is 8.06. The van der Waals surface area contributed by atoms with Crippen molar-refractivity contribution in [3.8, 4) is 0 Å². The van der Waals surface area contributed by atoms with Gasteiger partial charge in [-0.1, -0.05) is 27.2 Å². The maximum absolute atomic E-state index is 11.0. The highest BCUT2D eigenvalue weighted by Crippen LogP contribution is 2.36. The van der Waals surface area contributed by atoms with E-state index >= 15 is 0 Å². The number of ether oxygens (including phenoxy) is 2. The van der Waals surface area contributed by atoms with Crippen LogP contribution >= 0.6 is 0 Å². The van der Waals surface area contributed by atoms with Crippen LogP contribution in [0.5, 0.6) is 0 Å². The Bertz CT molecular complexity index is 309. The number of carbonyl (C=O) groups is 1. The van der Waals surface area contributed by atoms with Gasteiger partial charge in [0, 0.05) is 6.08 Å². The Kier molecular flexibility index (Phi) is 3.87. The van der Waals surface area contributed by atoms with Crippen LogP contribution in [0.15, 0.2) is 12.2 Å². The minimum atomic E-state index is -0.459. The van der Waals surface area contributed by atoms with Crippen LogP contribution in [0.2, 0.25) is 0 Å². The van der Waals surface area contributed by atoms with E-state index in [4.69, 9.17) is 9.47 Å². The Labute approximate surface area is 103 Å².